The van der Waals surface area contributed by atoms with Gasteiger partial charge in [-0.05, 0) is 63.5 Å². The van der Waals surface area contributed by atoms with Crippen LogP contribution in [0.15, 0.2) is 16.9 Å². The smallest absolute Gasteiger partial charge is 0.0632 e. The van der Waals surface area contributed by atoms with Crippen molar-refractivity contribution in [1.29, 1.82) is 0 Å². The highest BCUT2D eigenvalue weighted by molar-refractivity contribution is 9.10. The van der Waals surface area contributed by atoms with Gasteiger partial charge in [-0.1, -0.05) is 0 Å². The number of hydrogen-bond donors (Lipinski definition) is 0. The number of rotatable bonds is 1. The van der Waals surface area contributed by atoms with Crippen LogP contribution in [0.2, 0.25) is 0 Å². The van der Waals surface area contributed by atoms with Gasteiger partial charge < -0.3 is 0 Å². The minimum absolute atomic E-state index is 0.213. The van der Waals surface area contributed by atoms with Gasteiger partial charge in [0.15, 0.2) is 0 Å². The van der Waals surface area contributed by atoms with E-state index in [0.29, 0.717) is 6.04 Å². The molecule has 0 radical (unpaired) electrons. The fourth-order valence-corrected chi connectivity index (χ4v) is 3.32. The molecule has 0 N–H and O–H groups in total. The van der Waals surface area contributed by atoms with Crippen LogP contribution < -0.4 is 0 Å². The van der Waals surface area contributed by atoms with Crippen molar-refractivity contribution in [1.82, 2.24) is 14.7 Å². The van der Waals surface area contributed by atoms with Crippen LogP contribution in [0.3, 0.4) is 0 Å². The van der Waals surface area contributed by atoms with Gasteiger partial charge in [0.25, 0.3) is 0 Å². The monoisotopic (exact) mass is 299 g/mol. The van der Waals surface area contributed by atoms with E-state index in [9.17, 15) is 0 Å². The number of halogens is 1. The molecule has 4 heteroatoms. The Bertz CT molecular complexity index is 391. The molecule has 0 spiro atoms. The van der Waals surface area contributed by atoms with Gasteiger partial charge in [-0.2, -0.15) is 5.10 Å². The van der Waals surface area contributed by atoms with Crippen molar-refractivity contribution >= 4 is 15.9 Å². The van der Waals surface area contributed by atoms with Crippen molar-refractivity contribution in [2.24, 2.45) is 0 Å². The van der Waals surface area contributed by atoms with Gasteiger partial charge in [0, 0.05) is 17.3 Å². The van der Waals surface area contributed by atoms with Crippen LogP contribution in [0.25, 0.3) is 0 Å². The van der Waals surface area contributed by atoms with Crippen LogP contribution >= 0.6 is 15.9 Å². The van der Waals surface area contributed by atoms with Gasteiger partial charge >= 0.3 is 0 Å². The first-order chi connectivity index (χ1) is 7.72. The average Bonchev–Trinajstić information content (AvgIpc) is 2.60. The van der Waals surface area contributed by atoms with E-state index < -0.39 is 0 Å². The Labute approximate surface area is 112 Å². The molecule has 0 aliphatic carbocycles. The SMILES string of the molecule is CN1C(C)(C)CC(n2cc(Br)cn2)CC1(C)C. The quantitative estimate of drug-likeness (QED) is 0.792. The fourth-order valence-electron chi connectivity index (χ4n) is 3.02. The number of likely N-dealkylation sites (tertiary alicyclic amines) is 1. The van der Waals surface area contributed by atoms with Crippen LogP contribution in [0.1, 0.15) is 46.6 Å². The molecule has 3 nitrogen and oxygen atoms in total. The summed E-state index contributed by atoms with van der Waals surface area (Å²) < 4.78 is 3.17. The lowest BCUT2D eigenvalue weighted by molar-refractivity contribution is -0.0285. The molecule has 1 aliphatic rings. The minimum atomic E-state index is 0.213. The third kappa shape index (κ3) is 2.43. The predicted octanol–water partition coefficient (Wildman–Crippen LogP) is 3.47. The summed E-state index contributed by atoms with van der Waals surface area (Å²) in [5, 5.41) is 4.45. The number of piperidine rings is 1. The van der Waals surface area contributed by atoms with Crippen molar-refractivity contribution in [3.63, 3.8) is 0 Å². The van der Waals surface area contributed by atoms with Crippen LogP contribution in [-0.4, -0.2) is 32.8 Å². The molecule has 2 heterocycles. The first kappa shape index (κ1) is 13.1. The average molecular weight is 300 g/mol. The molecule has 1 aromatic heterocycles. The second-order valence-electron chi connectivity index (χ2n) is 6.38. The number of nitrogens with zero attached hydrogens (tertiary/aromatic N) is 3. The summed E-state index contributed by atoms with van der Waals surface area (Å²) in [4.78, 5) is 2.50. The lowest BCUT2D eigenvalue weighted by Gasteiger charge is -2.53. The number of aromatic nitrogens is 2. The van der Waals surface area contributed by atoms with Gasteiger partial charge in [0.2, 0.25) is 0 Å². The van der Waals surface area contributed by atoms with Crippen LogP contribution in [0.5, 0.6) is 0 Å². The van der Waals surface area contributed by atoms with Gasteiger partial charge in [-0.3, -0.25) is 9.58 Å². The van der Waals surface area contributed by atoms with E-state index in [1.165, 1.54) is 0 Å². The Balaban J connectivity index is 2.27. The van der Waals surface area contributed by atoms with Crippen molar-refractivity contribution in [2.45, 2.75) is 57.7 Å². The Morgan fingerprint density at radius 3 is 2.18 bits per heavy atom. The van der Waals surface area contributed by atoms with Crippen molar-refractivity contribution in [3.05, 3.63) is 16.9 Å². The van der Waals surface area contributed by atoms with E-state index in [2.05, 4.69) is 71.5 Å². The Kier molecular flexibility index (Phi) is 3.15. The maximum absolute atomic E-state index is 4.45. The molecule has 17 heavy (non-hydrogen) atoms. The highest BCUT2D eigenvalue weighted by Gasteiger charge is 2.43. The molecule has 0 unspecified atom stereocenters. The molecule has 0 saturated carbocycles. The molecule has 0 aromatic carbocycles. The molecule has 1 aromatic rings. The molecule has 1 saturated heterocycles. The molecule has 0 amide bonds. The van der Waals surface area contributed by atoms with E-state index in [1.54, 1.807) is 0 Å². The van der Waals surface area contributed by atoms with E-state index in [0.717, 1.165) is 17.3 Å². The van der Waals surface area contributed by atoms with Crippen molar-refractivity contribution < 1.29 is 0 Å². The standard InChI is InChI=1S/C13H22BrN3/c1-12(2)6-11(7-13(3,4)16(12)5)17-9-10(14)8-15-17/h8-9,11H,6-7H2,1-5H3. The molecular weight excluding hydrogens is 278 g/mol. The normalized spacial score (nSPS) is 25.1. The third-order valence-corrected chi connectivity index (χ3v) is 4.64. The van der Waals surface area contributed by atoms with Crippen LogP contribution in [0.4, 0.5) is 0 Å². The first-order valence-electron chi connectivity index (χ1n) is 6.16. The largest absolute Gasteiger partial charge is 0.296 e. The van der Waals surface area contributed by atoms with Gasteiger partial charge in [-0.15, -0.1) is 0 Å². The molecule has 1 aliphatic heterocycles. The zero-order valence-electron chi connectivity index (χ0n) is 11.4. The molecule has 2 rings (SSSR count). The highest BCUT2D eigenvalue weighted by atomic mass is 79.9. The van der Waals surface area contributed by atoms with Gasteiger partial charge in [0.1, 0.15) is 0 Å². The summed E-state index contributed by atoms with van der Waals surface area (Å²) in [6.07, 6.45) is 6.24. The zero-order valence-corrected chi connectivity index (χ0v) is 13.0. The first-order valence-corrected chi connectivity index (χ1v) is 6.95. The summed E-state index contributed by atoms with van der Waals surface area (Å²) in [6.45, 7) is 9.28. The zero-order chi connectivity index (χ0) is 12.8. The Morgan fingerprint density at radius 1 is 1.24 bits per heavy atom. The maximum atomic E-state index is 4.45. The van der Waals surface area contributed by atoms with Gasteiger partial charge in [0.05, 0.1) is 16.7 Å². The van der Waals surface area contributed by atoms with Crippen LogP contribution in [-0.2, 0) is 0 Å². The summed E-state index contributed by atoms with van der Waals surface area (Å²) in [5.41, 5.74) is 0.426. The summed E-state index contributed by atoms with van der Waals surface area (Å²) in [7, 11) is 2.23. The molecule has 96 valence electrons. The van der Waals surface area contributed by atoms with Crippen LogP contribution in [0, 0.1) is 0 Å². The highest BCUT2D eigenvalue weighted by Crippen LogP contribution is 2.42. The van der Waals surface area contributed by atoms with Crippen molar-refractivity contribution in [3.8, 4) is 0 Å². The summed E-state index contributed by atoms with van der Waals surface area (Å²) >= 11 is 3.47. The molecular formula is C13H22BrN3. The minimum Gasteiger partial charge on any atom is -0.296 e. The summed E-state index contributed by atoms with van der Waals surface area (Å²) in [5.74, 6) is 0. The lowest BCUT2D eigenvalue weighted by Crippen LogP contribution is -2.58. The third-order valence-electron chi connectivity index (χ3n) is 4.23. The molecule has 0 bridgehead atoms. The van der Waals surface area contributed by atoms with E-state index in [4.69, 9.17) is 0 Å². The Morgan fingerprint density at radius 2 is 1.76 bits per heavy atom. The number of hydrogen-bond acceptors (Lipinski definition) is 2. The van der Waals surface area contributed by atoms with E-state index in [-0.39, 0.29) is 11.1 Å². The second kappa shape index (κ2) is 4.09. The maximum Gasteiger partial charge on any atom is 0.0632 e. The molecule has 0 atom stereocenters. The lowest BCUT2D eigenvalue weighted by atomic mass is 9.77. The second-order valence-corrected chi connectivity index (χ2v) is 7.30. The van der Waals surface area contributed by atoms with Crippen molar-refractivity contribution in [2.75, 3.05) is 7.05 Å². The Hall–Kier alpha value is -0.350. The fraction of sp³-hybridized carbons (Fsp3) is 0.769. The topological polar surface area (TPSA) is 21.1 Å². The van der Waals surface area contributed by atoms with E-state index in [1.807, 2.05) is 6.20 Å². The molecule has 1 fully saturated rings. The predicted molar refractivity (Wildman–Crippen MR) is 74.1 cm³/mol. The van der Waals surface area contributed by atoms with Gasteiger partial charge in [-0.25, -0.2) is 0 Å². The summed E-state index contributed by atoms with van der Waals surface area (Å²) in [6, 6.07) is 0.488. The van der Waals surface area contributed by atoms with E-state index >= 15 is 0 Å².